The lowest BCUT2D eigenvalue weighted by Crippen LogP contribution is -2.30. The average Bonchev–Trinajstić information content (AvgIpc) is 3.43. The summed E-state index contributed by atoms with van der Waals surface area (Å²) in [5, 5.41) is 0. The van der Waals surface area contributed by atoms with Gasteiger partial charge < -0.3 is 14.2 Å². The number of hydrogen-bond acceptors (Lipinski definition) is 6. The molecule has 0 radical (unpaired) electrons. The maximum Gasteiger partial charge on any atom is 0.306 e. The van der Waals surface area contributed by atoms with Crippen molar-refractivity contribution < 1.29 is 28.6 Å². The van der Waals surface area contributed by atoms with Gasteiger partial charge in [-0.05, 0) is 83.5 Å². The van der Waals surface area contributed by atoms with E-state index in [9.17, 15) is 14.4 Å². The van der Waals surface area contributed by atoms with E-state index in [2.05, 4.69) is 81.5 Å². The van der Waals surface area contributed by atoms with Crippen LogP contribution in [0.4, 0.5) is 0 Å². The first-order valence-electron chi connectivity index (χ1n) is 33.8. The van der Waals surface area contributed by atoms with Gasteiger partial charge in [-0.2, -0.15) is 0 Å². The van der Waals surface area contributed by atoms with Crippen LogP contribution in [0.15, 0.2) is 60.8 Å². The van der Waals surface area contributed by atoms with Crippen molar-refractivity contribution >= 4 is 17.9 Å². The summed E-state index contributed by atoms with van der Waals surface area (Å²) in [4.78, 5) is 38.4. The van der Waals surface area contributed by atoms with Crippen LogP contribution in [0.5, 0.6) is 0 Å². The molecule has 0 aliphatic rings. The highest BCUT2D eigenvalue weighted by molar-refractivity contribution is 5.71. The summed E-state index contributed by atoms with van der Waals surface area (Å²) in [7, 11) is 0. The SMILES string of the molecule is CC/C=C\C/C=C\C/C=C\C/C=C\CCCCCCCCCCCCCCC(=O)OCC(COC(=O)CCCCCCCCCCCCCCCCCCC)OC(=O)CCCCCCCCC/C=C\CCCCCCCC. The van der Waals surface area contributed by atoms with Crippen LogP contribution in [0.3, 0.4) is 0 Å². The van der Waals surface area contributed by atoms with Gasteiger partial charge in [0, 0.05) is 19.3 Å². The van der Waals surface area contributed by atoms with Gasteiger partial charge in [0.1, 0.15) is 13.2 Å². The molecule has 0 aliphatic carbocycles. The molecule has 77 heavy (non-hydrogen) atoms. The van der Waals surface area contributed by atoms with Crippen molar-refractivity contribution in [2.75, 3.05) is 13.2 Å². The first kappa shape index (κ1) is 74.1. The first-order valence-corrected chi connectivity index (χ1v) is 33.8. The van der Waals surface area contributed by atoms with Crippen molar-refractivity contribution in [1.82, 2.24) is 0 Å². The number of allylic oxidation sites excluding steroid dienone is 10. The molecular weight excluding hydrogens is 949 g/mol. The third-order valence-corrected chi connectivity index (χ3v) is 15.0. The molecule has 1 atom stereocenters. The Morgan fingerprint density at radius 3 is 0.805 bits per heavy atom. The van der Waals surface area contributed by atoms with Crippen LogP contribution in [-0.2, 0) is 28.6 Å². The highest BCUT2D eigenvalue weighted by atomic mass is 16.6. The summed E-state index contributed by atoms with van der Waals surface area (Å²) < 4.78 is 17.0. The number of unbranched alkanes of at least 4 members (excludes halogenated alkanes) is 41. The monoisotopic (exact) mass is 1080 g/mol. The molecule has 0 aromatic rings. The highest BCUT2D eigenvalue weighted by Gasteiger charge is 2.19. The second-order valence-corrected chi connectivity index (χ2v) is 22.7. The largest absolute Gasteiger partial charge is 0.462 e. The van der Waals surface area contributed by atoms with Crippen molar-refractivity contribution in [3.8, 4) is 0 Å². The minimum atomic E-state index is -0.776. The third-order valence-electron chi connectivity index (χ3n) is 15.0. The zero-order valence-corrected chi connectivity index (χ0v) is 51.5. The van der Waals surface area contributed by atoms with Crippen LogP contribution in [0.1, 0.15) is 355 Å². The van der Waals surface area contributed by atoms with E-state index in [4.69, 9.17) is 14.2 Å². The topological polar surface area (TPSA) is 78.9 Å². The predicted octanol–water partition coefficient (Wildman–Crippen LogP) is 23.1. The van der Waals surface area contributed by atoms with E-state index in [1.165, 1.54) is 231 Å². The number of hydrogen-bond donors (Lipinski definition) is 0. The van der Waals surface area contributed by atoms with E-state index in [1.54, 1.807) is 0 Å². The van der Waals surface area contributed by atoms with E-state index in [-0.39, 0.29) is 31.1 Å². The number of carbonyl (C=O) groups is 3. The lowest BCUT2D eigenvalue weighted by Gasteiger charge is -2.18. The summed E-state index contributed by atoms with van der Waals surface area (Å²) >= 11 is 0. The number of rotatable bonds is 62. The van der Waals surface area contributed by atoms with Crippen molar-refractivity contribution in [2.45, 2.75) is 361 Å². The van der Waals surface area contributed by atoms with E-state index in [1.807, 2.05) is 0 Å². The zero-order chi connectivity index (χ0) is 55.7. The van der Waals surface area contributed by atoms with E-state index in [0.717, 1.165) is 83.5 Å². The molecule has 0 spiro atoms. The lowest BCUT2D eigenvalue weighted by molar-refractivity contribution is -0.167. The summed E-state index contributed by atoms with van der Waals surface area (Å²) in [6, 6.07) is 0. The van der Waals surface area contributed by atoms with E-state index >= 15 is 0 Å². The molecule has 0 saturated carbocycles. The molecule has 448 valence electrons. The van der Waals surface area contributed by atoms with Crippen molar-refractivity contribution in [2.24, 2.45) is 0 Å². The van der Waals surface area contributed by atoms with Gasteiger partial charge in [-0.3, -0.25) is 14.4 Å². The second kappa shape index (κ2) is 65.6. The molecule has 0 aromatic heterocycles. The molecule has 0 N–H and O–H groups in total. The maximum atomic E-state index is 12.9. The molecule has 1 unspecified atom stereocenters. The Morgan fingerprint density at radius 2 is 0.506 bits per heavy atom. The average molecular weight is 1080 g/mol. The molecule has 0 fully saturated rings. The Labute approximate surface area is 479 Å². The fourth-order valence-corrected chi connectivity index (χ4v) is 9.96. The third kappa shape index (κ3) is 63.8. The van der Waals surface area contributed by atoms with Crippen LogP contribution < -0.4 is 0 Å². The Balaban J connectivity index is 4.30. The second-order valence-electron chi connectivity index (χ2n) is 22.7. The smallest absolute Gasteiger partial charge is 0.306 e. The molecule has 0 rings (SSSR count). The van der Waals surface area contributed by atoms with Crippen molar-refractivity contribution in [3.63, 3.8) is 0 Å². The van der Waals surface area contributed by atoms with Crippen LogP contribution in [0.25, 0.3) is 0 Å². The molecule has 0 bridgehead atoms. The molecule has 0 amide bonds. The molecule has 6 nitrogen and oxygen atoms in total. The molecule has 0 saturated heterocycles. The fraction of sp³-hybridized carbons (Fsp3) is 0.817. The number of ether oxygens (including phenoxy) is 3. The van der Waals surface area contributed by atoms with Gasteiger partial charge >= 0.3 is 17.9 Å². The summed E-state index contributed by atoms with van der Waals surface area (Å²) in [6.45, 7) is 6.58. The Morgan fingerprint density at radius 1 is 0.273 bits per heavy atom. The zero-order valence-electron chi connectivity index (χ0n) is 51.5. The minimum Gasteiger partial charge on any atom is -0.462 e. The van der Waals surface area contributed by atoms with E-state index in [0.29, 0.717) is 19.3 Å². The maximum absolute atomic E-state index is 12.9. The van der Waals surface area contributed by atoms with Crippen LogP contribution in [0.2, 0.25) is 0 Å². The Hall–Kier alpha value is -2.89. The summed E-state index contributed by atoms with van der Waals surface area (Å²) in [5.74, 6) is -0.855. The van der Waals surface area contributed by atoms with E-state index < -0.39 is 6.10 Å². The highest BCUT2D eigenvalue weighted by Crippen LogP contribution is 2.18. The van der Waals surface area contributed by atoms with Gasteiger partial charge in [-0.15, -0.1) is 0 Å². The summed E-state index contributed by atoms with van der Waals surface area (Å²) in [5.41, 5.74) is 0. The predicted molar refractivity (Wildman–Crippen MR) is 335 cm³/mol. The molecule has 0 heterocycles. The summed E-state index contributed by atoms with van der Waals surface area (Å²) in [6.07, 6.45) is 83.7. The van der Waals surface area contributed by atoms with Crippen LogP contribution in [0, 0.1) is 0 Å². The fourth-order valence-electron chi connectivity index (χ4n) is 9.96. The lowest BCUT2D eigenvalue weighted by atomic mass is 10.0. The van der Waals surface area contributed by atoms with Crippen LogP contribution in [-0.4, -0.2) is 37.2 Å². The standard InChI is InChI=1S/C71H128O6/c1-4-7-10-13-16-19-22-25-28-31-32-33-34-35-36-37-38-41-43-46-49-52-55-58-61-64-70(73)76-67-68(77-71(74)65-62-59-56-53-50-47-44-40-30-27-24-21-18-15-12-9-6-3)66-75-69(72)63-60-57-54-51-48-45-42-39-29-26-23-20-17-14-11-8-5-2/h7,10,16,19,25,27-28,30,32-33,68H,4-6,8-9,11-15,17-18,20-24,26,29,31,34-67H2,1-3H3/b10-7-,19-16-,28-25-,30-27-,33-32-. The number of carbonyl (C=O) groups excluding carboxylic acids is 3. The van der Waals surface area contributed by atoms with Crippen LogP contribution >= 0.6 is 0 Å². The Bertz CT molecular complexity index is 1380. The molecule has 0 aromatic carbocycles. The van der Waals surface area contributed by atoms with Gasteiger partial charge in [0.15, 0.2) is 6.10 Å². The first-order chi connectivity index (χ1) is 38.0. The number of esters is 3. The van der Waals surface area contributed by atoms with Crippen molar-refractivity contribution in [1.29, 1.82) is 0 Å². The Kier molecular flexibility index (Phi) is 63.2. The molecular formula is C71H128O6. The quantitative estimate of drug-likeness (QED) is 0.0261. The van der Waals surface area contributed by atoms with Gasteiger partial charge in [0.25, 0.3) is 0 Å². The van der Waals surface area contributed by atoms with Gasteiger partial charge in [0.2, 0.25) is 0 Å². The van der Waals surface area contributed by atoms with Gasteiger partial charge in [-0.25, -0.2) is 0 Å². The van der Waals surface area contributed by atoms with Gasteiger partial charge in [-0.1, -0.05) is 313 Å². The normalized spacial score (nSPS) is 12.4. The minimum absolute atomic E-state index is 0.0717. The molecule has 0 aliphatic heterocycles. The molecule has 6 heteroatoms. The van der Waals surface area contributed by atoms with Crippen molar-refractivity contribution in [3.05, 3.63) is 60.8 Å². The van der Waals surface area contributed by atoms with Gasteiger partial charge in [0.05, 0.1) is 0 Å².